The number of carbonyl (C=O) groups is 1. The van der Waals surface area contributed by atoms with Crippen molar-refractivity contribution in [3.63, 3.8) is 0 Å². The first kappa shape index (κ1) is 15.3. The standard InChI is InChI=1S/C20H21FN2O2/c21-14-3-1-2-13-16-11-22-12-23(16)15(18(13)14)10-17(24)19-4-7-20(25,8-5-19)9-6-19/h1-3,11-12,15,25H,4-10H2. The molecule has 1 unspecified atom stereocenters. The molecule has 1 aliphatic heterocycles. The summed E-state index contributed by atoms with van der Waals surface area (Å²) in [7, 11) is 0. The SMILES string of the molecule is O=C(CC1c2c(F)cccc2-c2cncn21)C12CCC(O)(CC1)CC2. The molecule has 2 heterocycles. The van der Waals surface area contributed by atoms with E-state index in [9.17, 15) is 14.3 Å². The van der Waals surface area contributed by atoms with Crippen LogP contribution in [0.3, 0.4) is 0 Å². The van der Waals surface area contributed by atoms with Gasteiger partial charge in [0.15, 0.2) is 0 Å². The first-order valence-corrected chi connectivity index (χ1v) is 9.08. The average Bonchev–Trinajstić information content (AvgIpc) is 3.19. The van der Waals surface area contributed by atoms with Crippen molar-refractivity contribution in [2.24, 2.45) is 5.41 Å². The summed E-state index contributed by atoms with van der Waals surface area (Å²) in [5.41, 5.74) is 1.47. The van der Waals surface area contributed by atoms with E-state index >= 15 is 0 Å². The van der Waals surface area contributed by atoms with Crippen molar-refractivity contribution in [2.45, 2.75) is 56.6 Å². The van der Waals surface area contributed by atoms with Crippen LogP contribution in [0.1, 0.15) is 56.6 Å². The normalized spacial score (nSPS) is 32.5. The Morgan fingerprint density at radius 1 is 1.24 bits per heavy atom. The molecule has 1 N–H and O–H groups in total. The van der Waals surface area contributed by atoms with Gasteiger partial charge in [0.2, 0.25) is 0 Å². The van der Waals surface area contributed by atoms with Gasteiger partial charge < -0.3 is 9.67 Å². The first-order valence-electron chi connectivity index (χ1n) is 9.08. The van der Waals surface area contributed by atoms with Gasteiger partial charge in [0.1, 0.15) is 11.6 Å². The van der Waals surface area contributed by atoms with Crippen LogP contribution in [0.25, 0.3) is 11.3 Å². The number of hydrogen-bond donors (Lipinski definition) is 1. The average molecular weight is 340 g/mol. The molecule has 0 spiro atoms. The third kappa shape index (κ3) is 2.08. The molecule has 1 aromatic carbocycles. The lowest BCUT2D eigenvalue weighted by atomic mass is 9.56. The van der Waals surface area contributed by atoms with Crippen molar-refractivity contribution < 1.29 is 14.3 Å². The summed E-state index contributed by atoms with van der Waals surface area (Å²) in [4.78, 5) is 17.4. The number of imidazole rings is 1. The van der Waals surface area contributed by atoms with Crippen molar-refractivity contribution in [3.05, 3.63) is 42.1 Å². The predicted octanol–water partition coefficient (Wildman–Crippen LogP) is 3.64. The Bertz CT molecular complexity index is 848. The van der Waals surface area contributed by atoms with Crippen molar-refractivity contribution >= 4 is 5.78 Å². The van der Waals surface area contributed by atoms with E-state index in [-0.39, 0.29) is 23.1 Å². The summed E-state index contributed by atoms with van der Waals surface area (Å²) >= 11 is 0. The number of benzene rings is 1. The van der Waals surface area contributed by atoms with Crippen LogP contribution in [-0.4, -0.2) is 26.0 Å². The molecule has 6 rings (SSSR count). The summed E-state index contributed by atoms with van der Waals surface area (Å²) in [5, 5.41) is 10.4. The highest BCUT2D eigenvalue weighted by Gasteiger charge is 2.52. The smallest absolute Gasteiger partial charge is 0.141 e. The van der Waals surface area contributed by atoms with Crippen molar-refractivity contribution in [3.8, 4) is 11.3 Å². The first-order chi connectivity index (χ1) is 12.0. The fourth-order valence-electron chi connectivity index (χ4n) is 5.18. The maximum absolute atomic E-state index is 14.5. The zero-order valence-electron chi connectivity index (χ0n) is 14.0. The number of hydrogen-bond acceptors (Lipinski definition) is 3. The van der Waals surface area contributed by atoms with E-state index < -0.39 is 5.60 Å². The van der Waals surface area contributed by atoms with E-state index in [1.807, 2.05) is 10.6 Å². The maximum Gasteiger partial charge on any atom is 0.141 e. The van der Waals surface area contributed by atoms with E-state index in [1.165, 1.54) is 6.07 Å². The van der Waals surface area contributed by atoms with Gasteiger partial charge in [0.25, 0.3) is 0 Å². The Kier molecular flexibility index (Phi) is 3.06. The minimum absolute atomic E-state index is 0.218. The van der Waals surface area contributed by atoms with Gasteiger partial charge in [0, 0.05) is 23.0 Å². The van der Waals surface area contributed by atoms with Gasteiger partial charge in [-0.2, -0.15) is 0 Å². The molecule has 5 heteroatoms. The Balaban J connectivity index is 1.48. The monoisotopic (exact) mass is 340 g/mol. The number of ketones is 1. The topological polar surface area (TPSA) is 55.1 Å². The molecule has 3 aliphatic carbocycles. The van der Waals surface area contributed by atoms with Crippen LogP contribution >= 0.6 is 0 Å². The van der Waals surface area contributed by atoms with Gasteiger partial charge >= 0.3 is 0 Å². The van der Waals surface area contributed by atoms with E-state index in [4.69, 9.17) is 0 Å². The molecule has 1 aromatic heterocycles. The molecule has 2 bridgehead atoms. The lowest BCUT2D eigenvalue weighted by Gasteiger charge is -2.50. The van der Waals surface area contributed by atoms with Gasteiger partial charge in [-0.1, -0.05) is 12.1 Å². The van der Waals surface area contributed by atoms with Gasteiger partial charge in [-0.3, -0.25) is 4.79 Å². The van der Waals surface area contributed by atoms with E-state index in [0.717, 1.165) is 30.5 Å². The molecular weight excluding hydrogens is 319 g/mol. The maximum atomic E-state index is 14.5. The molecule has 1 atom stereocenters. The van der Waals surface area contributed by atoms with Gasteiger partial charge in [-0.05, 0) is 44.6 Å². The van der Waals surface area contributed by atoms with Crippen LogP contribution in [-0.2, 0) is 4.79 Å². The highest BCUT2D eigenvalue weighted by atomic mass is 19.1. The molecule has 130 valence electrons. The third-order valence-electron chi connectivity index (χ3n) is 6.84. The predicted molar refractivity (Wildman–Crippen MR) is 90.5 cm³/mol. The number of nitrogens with zero attached hydrogens (tertiary/aromatic N) is 2. The van der Waals surface area contributed by atoms with E-state index in [1.54, 1.807) is 18.6 Å². The van der Waals surface area contributed by atoms with Crippen LogP contribution in [0.15, 0.2) is 30.7 Å². The number of carbonyl (C=O) groups excluding carboxylic acids is 1. The minimum Gasteiger partial charge on any atom is -0.390 e. The van der Waals surface area contributed by atoms with Crippen molar-refractivity contribution in [1.29, 1.82) is 0 Å². The number of fused-ring (bicyclic) bond motifs is 6. The summed E-state index contributed by atoms with van der Waals surface area (Å²) in [6.45, 7) is 0. The molecule has 3 saturated carbocycles. The molecule has 0 saturated heterocycles. The lowest BCUT2D eigenvalue weighted by Crippen LogP contribution is -2.49. The highest BCUT2D eigenvalue weighted by molar-refractivity contribution is 5.87. The summed E-state index contributed by atoms with van der Waals surface area (Å²) in [6.07, 6.45) is 8.16. The van der Waals surface area contributed by atoms with Gasteiger partial charge in [-0.15, -0.1) is 0 Å². The number of aliphatic hydroxyl groups is 1. The molecule has 4 aliphatic rings. The second-order valence-electron chi connectivity index (χ2n) is 8.03. The number of rotatable bonds is 3. The Labute approximate surface area is 145 Å². The van der Waals surface area contributed by atoms with Crippen LogP contribution < -0.4 is 0 Å². The summed E-state index contributed by atoms with van der Waals surface area (Å²) in [6, 6.07) is 4.77. The fraction of sp³-hybridized carbons (Fsp3) is 0.500. The minimum atomic E-state index is -0.550. The highest BCUT2D eigenvalue weighted by Crippen LogP contribution is 2.54. The fourth-order valence-corrected chi connectivity index (χ4v) is 5.18. The van der Waals surface area contributed by atoms with Crippen LogP contribution in [0, 0.1) is 11.2 Å². The van der Waals surface area contributed by atoms with E-state index in [0.29, 0.717) is 31.2 Å². The number of halogens is 1. The molecule has 0 amide bonds. The van der Waals surface area contributed by atoms with E-state index in [2.05, 4.69) is 4.98 Å². The second kappa shape index (κ2) is 5.01. The lowest BCUT2D eigenvalue weighted by molar-refractivity contribution is -0.146. The number of aromatic nitrogens is 2. The molecular formula is C20H21FN2O2. The number of Topliss-reactive ketones (excluding diaryl/α,β-unsaturated/α-hetero) is 1. The zero-order valence-corrected chi connectivity index (χ0v) is 14.0. The Morgan fingerprint density at radius 2 is 1.96 bits per heavy atom. The van der Waals surface area contributed by atoms with Crippen molar-refractivity contribution in [2.75, 3.05) is 0 Å². The largest absolute Gasteiger partial charge is 0.390 e. The van der Waals surface area contributed by atoms with Gasteiger partial charge in [-0.25, -0.2) is 9.37 Å². The summed E-state index contributed by atoms with van der Waals surface area (Å²) in [5.74, 6) is -0.0341. The quantitative estimate of drug-likeness (QED) is 0.928. The Hall–Kier alpha value is -2.01. The summed E-state index contributed by atoms with van der Waals surface area (Å²) < 4.78 is 16.5. The van der Waals surface area contributed by atoms with Gasteiger partial charge in [0.05, 0.1) is 29.9 Å². The Morgan fingerprint density at radius 3 is 2.68 bits per heavy atom. The second-order valence-corrected chi connectivity index (χ2v) is 8.03. The third-order valence-corrected chi connectivity index (χ3v) is 6.84. The van der Waals surface area contributed by atoms with Crippen LogP contribution in [0.2, 0.25) is 0 Å². The van der Waals surface area contributed by atoms with Crippen molar-refractivity contribution in [1.82, 2.24) is 9.55 Å². The molecule has 3 fully saturated rings. The zero-order chi connectivity index (χ0) is 17.2. The molecule has 0 radical (unpaired) electrons. The molecule has 25 heavy (non-hydrogen) atoms. The molecule has 2 aromatic rings. The van der Waals surface area contributed by atoms with Crippen LogP contribution in [0.5, 0.6) is 0 Å². The molecule has 4 nitrogen and oxygen atoms in total. The van der Waals surface area contributed by atoms with Crippen LogP contribution in [0.4, 0.5) is 4.39 Å².